The average Bonchev–Trinajstić information content (AvgIpc) is 2.62. The molecule has 0 aromatic heterocycles. The summed E-state index contributed by atoms with van der Waals surface area (Å²) in [6.07, 6.45) is 0. The molecule has 0 aliphatic carbocycles. The summed E-state index contributed by atoms with van der Waals surface area (Å²) in [5, 5.41) is -0.0394. The van der Waals surface area contributed by atoms with Crippen molar-refractivity contribution in [3.8, 4) is 0 Å². The van der Waals surface area contributed by atoms with E-state index in [-0.39, 0.29) is 11.2 Å². The molecule has 0 saturated carbocycles. The molecule has 1 aliphatic heterocycles. The Morgan fingerprint density at radius 2 is 2.00 bits per heavy atom. The summed E-state index contributed by atoms with van der Waals surface area (Å²) >= 11 is 1.62. The second-order valence-electron chi connectivity index (χ2n) is 4.39. The summed E-state index contributed by atoms with van der Waals surface area (Å²) in [6, 6.07) is 10.0. The maximum atomic E-state index is 11.7. The van der Waals surface area contributed by atoms with Gasteiger partial charge in [0.2, 0.25) is 0 Å². The van der Waals surface area contributed by atoms with E-state index in [2.05, 4.69) is 13.8 Å². The third-order valence-corrected chi connectivity index (χ3v) is 4.24. The van der Waals surface area contributed by atoms with Crippen molar-refractivity contribution < 1.29 is 9.53 Å². The van der Waals surface area contributed by atoms with Crippen LogP contribution in [0.2, 0.25) is 0 Å². The smallest absolute Gasteiger partial charge is 0.319 e. The summed E-state index contributed by atoms with van der Waals surface area (Å²) in [5.74, 6) is 0.748. The van der Waals surface area contributed by atoms with Crippen LogP contribution in [-0.2, 0) is 9.53 Å². The Morgan fingerprint density at radius 1 is 1.31 bits per heavy atom. The van der Waals surface area contributed by atoms with E-state index in [4.69, 9.17) is 4.74 Å². The number of hydrogen-bond donors (Lipinski definition) is 0. The Balaban J connectivity index is 2.10. The zero-order valence-electron chi connectivity index (χ0n) is 9.55. The number of hydrogen-bond acceptors (Lipinski definition) is 3. The van der Waals surface area contributed by atoms with Crippen LogP contribution < -0.4 is 0 Å². The van der Waals surface area contributed by atoms with Crippen LogP contribution in [0.1, 0.15) is 13.8 Å². The minimum atomic E-state index is -0.0625. The van der Waals surface area contributed by atoms with Gasteiger partial charge in [0.15, 0.2) is 0 Å². The van der Waals surface area contributed by atoms with Crippen molar-refractivity contribution in [3.05, 3.63) is 30.3 Å². The van der Waals surface area contributed by atoms with Gasteiger partial charge in [-0.25, -0.2) is 0 Å². The largest absolute Gasteiger partial charge is 0.464 e. The zero-order chi connectivity index (χ0) is 11.5. The minimum Gasteiger partial charge on any atom is -0.464 e. The molecule has 0 spiro atoms. The van der Waals surface area contributed by atoms with Crippen LogP contribution in [0.15, 0.2) is 35.2 Å². The van der Waals surface area contributed by atoms with Crippen LogP contribution in [0.4, 0.5) is 0 Å². The molecule has 2 rings (SSSR count). The van der Waals surface area contributed by atoms with Crippen LogP contribution in [0, 0.1) is 11.8 Å². The van der Waals surface area contributed by atoms with Crippen LogP contribution in [0.3, 0.4) is 0 Å². The van der Waals surface area contributed by atoms with Gasteiger partial charge in [0, 0.05) is 10.8 Å². The molecule has 1 aromatic carbocycles. The predicted octanol–water partition coefficient (Wildman–Crippen LogP) is 2.98. The molecule has 2 nitrogen and oxygen atoms in total. The molecular weight excluding hydrogens is 220 g/mol. The maximum absolute atomic E-state index is 11.7. The highest BCUT2D eigenvalue weighted by atomic mass is 32.2. The molecule has 1 saturated heterocycles. The molecule has 1 aromatic rings. The van der Waals surface area contributed by atoms with Crippen molar-refractivity contribution in [1.29, 1.82) is 0 Å². The molecule has 3 heteroatoms. The van der Waals surface area contributed by atoms with Crippen molar-refractivity contribution in [3.63, 3.8) is 0 Å². The summed E-state index contributed by atoms with van der Waals surface area (Å²) in [5.41, 5.74) is 0. The van der Waals surface area contributed by atoms with E-state index in [0.29, 0.717) is 18.4 Å². The van der Waals surface area contributed by atoms with E-state index in [9.17, 15) is 4.79 Å². The number of cyclic esters (lactones) is 1. The number of thioether (sulfide) groups is 1. The number of benzene rings is 1. The lowest BCUT2D eigenvalue weighted by atomic mass is 9.95. The SMILES string of the molecule is CC(C)C1COC(=O)C1Sc1ccccc1. The first-order valence-electron chi connectivity index (χ1n) is 5.57. The number of ether oxygens (including phenoxy) is 1. The van der Waals surface area contributed by atoms with E-state index in [0.717, 1.165) is 4.90 Å². The predicted molar refractivity (Wildman–Crippen MR) is 65.4 cm³/mol. The van der Waals surface area contributed by atoms with Crippen molar-refractivity contribution in [2.24, 2.45) is 11.8 Å². The molecular formula is C13H16O2S. The van der Waals surface area contributed by atoms with Gasteiger partial charge in [-0.3, -0.25) is 4.79 Å². The topological polar surface area (TPSA) is 26.3 Å². The third kappa shape index (κ3) is 2.40. The highest BCUT2D eigenvalue weighted by Crippen LogP contribution is 2.36. The summed E-state index contributed by atoms with van der Waals surface area (Å²) in [7, 11) is 0. The Bertz CT molecular complexity index is 361. The average molecular weight is 236 g/mol. The number of rotatable bonds is 3. The number of carbonyl (C=O) groups excluding carboxylic acids is 1. The van der Waals surface area contributed by atoms with E-state index >= 15 is 0 Å². The first-order valence-corrected chi connectivity index (χ1v) is 6.45. The van der Waals surface area contributed by atoms with E-state index in [1.807, 2.05) is 30.3 Å². The second-order valence-corrected chi connectivity index (χ2v) is 5.60. The molecule has 16 heavy (non-hydrogen) atoms. The fourth-order valence-corrected chi connectivity index (χ4v) is 3.19. The number of carbonyl (C=O) groups is 1. The van der Waals surface area contributed by atoms with Crippen LogP contribution in [0.5, 0.6) is 0 Å². The van der Waals surface area contributed by atoms with Gasteiger partial charge in [0.05, 0.1) is 6.61 Å². The van der Waals surface area contributed by atoms with Crippen molar-refractivity contribution in [2.45, 2.75) is 24.0 Å². The van der Waals surface area contributed by atoms with Crippen molar-refractivity contribution >= 4 is 17.7 Å². The standard InChI is InChI=1S/C13H16O2S/c1-9(2)11-8-15-13(14)12(11)16-10-6-4-3-5-7-10/h3-7,9,11-12H,8H2,1-2H3. The van der Waals surface area contributed by atoms with Gasteiger partial charge >= 0.3 is 5.97 Å². The molecule has 2 atom stereocenters. The maximum Gasteiger partial charge on any atom is 0.319 e. The second kappa shape index (κ2) is 4.91. The lowest BCUT2D eigenvalue weighted by Crippen LogP contribution is -2.23. The highest BCUT2D eigenvalue weighted by molar-refractivity contribution is 8.00. The zero-order valence-corrected chi connectivity index (χ0v) is 10.4. The van der Waals surface area contributed by atoms with Gasteiger partial charge in [0.1, 0.15) is 5.25 Å². The fourth-order valence-electron chi connectivity index (χ4n) is 1.85. The first-order chi connectivity index (χ1) is 7.68. The van der Waals surface area contributed by atoms with Crippen LogP contribution >= 0.6 is 11.8 Å². The van der Waals surface area contributed by atoms with E-state index < -0.39 is 0 Å². The molecule has 2 unspecified atom stereocenters. The molecule has 1 heterocycles. The third-order valence-electron chi connectivity index (χ3n) is 2.90. The first kappa shape index (κ1) is 11.5. The van der Waals surface area contributed by atoms with E-state index in [1.165, 1.54) is 0 Å². The highest BCUT2D eigenvalue weighted by Gasteiger charge is 2.39. The lowest BCUT2D eigenvalue weighted by Gasteiger charge is -2.17. The molecule has 1 fully saturated rings. The lowest BCUT2D eigenvalue weighted by molar-refractivity contribution is -0.137. The van der Waals surface area contributed by atoms with Gasteiger partial charge < -0.3 is 4.74 Å². The number of esters is 1. The fraction of sp³-hybridized carbons (Fsp3) is 0.462. The van der Waals surface area contributed by atoms with Crippen molar-refractivity contribution in [1.82, 2.24) is 0 Å². The molecule has 0 amide bonds. The Morgan fingerprint density at radius 3 is 2.62 bits per heavy atom. The minimum absolute atomic E-state index is 0.0394. The molecule has 0 bridgehead atoms. The quantitative estimate of drug-likeness (QED) is 0.755. The van der Waals surface area contributed by atoms with Crippen LogP contribution in [0.25, 0.3) is 0 Å². The van der Waals surface area contributed by atoms with Gasteiger partial charge in [-0.2, -0.15) is 0 Å². The van der Waals surface area contributed by atoms with Gasteiger partial charge in [-0.1, -0.05) is 32.0 Å². The molecule has 1 aliphatic rings. The monoisotopic (exact) mass is 236 g/mol. The summed E-state index contributed by atoms with van der Waals surface area (Å²) in [6.45, 7) is 4.86. The molecule has 0 N–H and O–H groups in total. The Kier molecular flexibility index (Phi) is 3.54. The normalized spacial score (nSPS) is 24.8. The van der Waals surface area contributed by atoms with E-state index in [1.54, 1.807) is 11.8 Å². The Hall–Kier alpha value is -0.960. The van der Waals surface area contributed by atoms with Crippen molar-refractivity contribution in [2.75, 3.05) is 6.61 Å². The van der Waals surface area contributed by atoms with Gasteiger partial charge in [0.25, 0.3) is 0 Å². The van der Waals surface area contributed by atoms with Gasteiger partial charge in [-0.15, -0.1) is 11.8 Å². The molecule has 86 valence electrons. The summed E-state index contributed by atoms with van der Waals surface area (Å²) in [4.78, 5) is 12.8. The molecule has 0 radical (unpaired) electrons. The van der Waals surface area contributed by atoms with Crippen LogP contribution in [-0.4, -0.2) is 17.8 Å². The van der Waals surface area contributed by atoms with Gasteiger partial charge in [-0.05, 0) is 18.1 Å². The summed E-state index contributed by atoms with van der Waals surface area (Å²) < 4.78 is 5.15. The Labute approximate surface area is 100 Å².